The minimum Gasteiger partial charge on any atom is -0.490 e. The molecule has 9 heteroatoms. The Morgan fingerprint density at radius 2 is 1.89 bits per heavy atom. The molecule has 0 saturated heterocycles. The van der Waals surface area contributed by atoms with Crippen molar-refractivity contribution in [3.63, 3.8) is 0 Å². The number of hydrogen-bond donors (Lipinski definition) is 1. The Hall–Kier alpha value is -3.23. The third kappa shape index (κ3) is 5.87. The van der Waals surface area contributed by atoms with E-state index < -0.39 is 11.0 Å². The molecule has 3 aromatic rings. The molecule has 3 heterocycles. The van der Waals surface area contributed by atoms with Crippen LogP contribution in [0.25, 0.3) is 0 Å². The summed E-state index contributed by atoms with van der Waals surface area (Å²) >= 11 is 6.47. The van der Waals surface area contributed by atoms with Gasteiger partial charge >= 0.3 is 0 Å². The molecule has 1 N–H and O–H groups in total. The van der Waals surface area contributed by atoms with E-state index >= 15 is 0 Å². The Labute approximate surface area is 279 Å². The van der Waals surface area contributed by atoms with Gasteiger partial charge in [0.1, 0.15) is 23.1 Å². The summed E-state index contributed by atoms with van der Waals surface area (Å²) in [6.07, 6.45) is 15.1. The van der Waals surface area contributed by atoms with Crippen LogP contribution in [0.5, 0.6) is 5.75 Å². The number of nitrogens with one attached hydrogen (secondary N) is 1. The lowest BCUT2D eigenvalue weighted by molar-refractivity contribution is 0.0771. The van der Waals surface area contributed by atoms with Crippen LogP contribution >= 0.6 is 11.6 Å². The number of carbonyl (C=O) groups excluding carboxylic acids is 1. The molecule has 242 valence electrons. The number of allylic oxidation sites excluding steroid dienone is 2. The largest absolute Gasteiger partial charge is 0.490 e. The lowest BCUT2D eigenvalue weighted by atomic mass is 9.59. The second-order valence-electron chi connectivity index (χ2n) is 14.1. The van der Waals surface area contributed by atoms with Gasteiger partial charge < -0.3 is 9.64 Å². The van der Waals surface area contributed by atoms with Gasteiger partial charge in [-0.3, -0.25) is 9.52 Å². The molecule has 7 nitrogen and oxygen atoms in total. The number of hydrogen-bond acceptors (Lipinski definition) is 6. The Bertz CT molecular complexity index is 1670. The van der Waals surface area contributed by atoms with Crippen molar-refractivity contribution < 1.29 is 13.7 Å². The van der Waals surface area contributed by atoms with Crippen LogP contribution in [0.2, 0.25) is 5.02 Å². The molecule has 46 heavy (non-hydrogen) atoms. The van der Waals surface area contributed by atoms with Crippen molar-refractivity contribution in [3.8, 4) is 5.75 Å². The molecule has 1 fully saturated rings. The summed E-state index contributed by atoms with van der Waals surface area (Å²) in [7, 11) is -1.53. The normalized spacial score (nSPS) is 33.4. The molecule has 2 aromatic carbocycles. The number of aryl methyl sites for hydroxylation is 1. The van der Waals surface area contributed by atoms with Crippen LogP contribution < -0.4 is 14.4 Å². The van der Waals surface area contributed by atoms with Gasteiger partial charge in [-0.2, -0.15) is 0 Å². The number of benzene rings is 2. The van der Waals surface area contributed by atoms with Gasteiger partial charge in [-0.25, -0.2) is 14.2 Å². The fraction of sp³-hybridized carbons (Fsp3) is 0.486. The molecule has 4 aliphatic rings. The summed E-state index contributed by atoms with van der Waals surface area (Å²) in [5.41, 5.74) is 4.98. The number of rotatable bonds is 1. The molecule has 1 aromatic heterocycles. The predicted molar refractivity (Wildman–Crippen MR) is 184 cm³/mol. The first-order valence-electron chi connectivity index (χ1n) is 16.7. The average Bonchev–Trinajstić information content (AvgIpc) is 3.21. The Morgan fingerprint density at radius 1 is 1.07 bits per heavy atom. The van der Waals surface area contributed by atoms with Crippen molar-refractivity contribution in [3.05, 3.63) is 94.5 Å². The smallest absolute Gasteiger partial charge is 0.263 e. The fourth-order valence-corrected chi connectivity index (χ4v) is 9.53. The summed E-state index contributed by atoms with van der Waals surface area (Å²) in [5.74, 6) is 2.14. The Morgan fingerprint density at radius 3 is 2.70 bits per heavy atom. The number of aromatic nitrogens is 2. The second-order valence-corrected chi connectivity index (χ2v) is 16.1. The Balaban J connectivity index is 1.33. The van der Waals surface area contributed by atoms with E-state index in [0.717, 1.165) is 67.2 Å². The van der Waals surface area contributed by atoms with Crippen molar-refractivity contribution in [2.24, 2.45) is 23.7 Å². The topological polar surface area (TPSA) is 84.4 Å². The van der Waals surface area contributed by atoms with Crippen molar-refractivity contribution >= 4 is 34.2 Å². The number of carbonyl (C=O) groups is 1. The van der Waals surface area contributed by atoms with Gasteiger partial charge in [-0.1, -0.05) is 43.7 Å². The van der Waals surface area contributed by atoms with Crippen LogP contribution in [-0.2, 0) is 22.8 Å². The van der Waals surface area contributed by atoms with Crippen molar-refractivity contribution in [1.29, 1.82) is 0 Å². The molecule has 1 amide bonds. The number of halogens is 1. The average molecular weight is 659 g/mol. The van der Waals surface area contributed by atoms with Crippen LogP contribution in [0, 0.1) is 23.7 Å². The zero-order valence-electron chi connectivity index (χ0n) is 26.8. The monoisotopic (exact) mass is 658 g/mol. The quantitative estimate of drug-likeness (QED) is 0.283. The lowest BCUT2D eigenvalue weighted by Crippen LogP contribution is -2.51. The van der Waals surface area contributed by atoms with E-state index in [1.165, 1.54) is 11.1 Å². The molecule has 8 atom stereocenters. The molecule has 2 aliphatic heterocycles. The second kappa shape index (κ2) is 12.8. The van der Waals surface area contributed by atoms with E-state index in [2.05, 4.69) is 57.7 Å². The minimum absolute atomic E-state index is 0.120. The third-order valence-electron chi connectivity index (χ3n) is 11.3. The SMILES string of the molecule is CC1CC2C(c3cncnc3)/C=C/CC(C)C(C)S(=O)NC(=O)c3ccc4c(c3)N(CC12)C[C@@]1(CCCc2cc(Cl)ccc21)CO4. The molecule has 0 radical (unpaired) electrons. The van der Waals surface area contributed by atoms with E-state index in [-0.39, 0.29) is 28.4 Å². The predicted octanol–water partition coefficient (Wildman–Crippen LogP) is 7.04. The van der Waals surface area contributed by atoms with Gasteiger partial charge in [0.25, 0.3) is 5.91 Å². The summed E-state index contributed by atoms with van der Waals surface area (Å²) in [5, 5.41) is 0.558. The first-order valence-corrected chi connectivity index (χ1v) is 18.3. The van der Waals surface area contributed by atoms with E-state index in [1.54, 1.807) is 12.4 Å². The molecule has 1 spiro atoms. The maximum absolute atomic E-state index is 13.5. The summed E-state index contributed by atoms with van der Waals surface area (Å²) < 4.78 is 22.8. The van der Waals surface area contributed by atoms with Crippen molar-refractivity contribution in [2.75, 3.05) is 24.6 Å². The van der Waals surface area contributed by atoms with Crippen LogP contribution in [0.3, 0.4) is 0 Å². The van der Waals surface area contributed by atoms with Crippen molar-refractivity contribution in [1.82, 2.24) is 14.7 Å². The minimum atomic E-state index is -1.53. The molecule has 7 rings (SSSR count). The van der Waals surface area contributed by atoms with Crippen molar-refractivity contribution in [2.45, 2.75) is 69.5 Å². The number of anilines is 1. The van der Waals surface area contributed by atoms with Gasteiger partial charge in [0.05, 0.1) is 17.5 Å². The summed E-state index contributed by atoms with van der Waals surface area (Å²) in [4.78, 5) is 24.8. The van der Waals surface area contributed by atoms with Crippen LogP contribution in [0.1, 0.15) is 79.4 Å². The zero-order valence-corrected chi connectivity index (χ0v) is 28.4. The van der Waals surface area contributed by atoms with Crippen LogP contribution in [-0.4, -0.2) is 45.0 Å². The highest BCUT2D eigenvalue weighted by Crippen LogP contribution is 2.51. The number of ether oxygens (including phenoxy) is 1. The van der Waals surface area contributed by atoms with Crippen LogP contribution in [0.15, 0.2) is 67.3 Å². The third-order valence-corrected chi connectivity index (χ3v) is 13.0. The molecule has 7 unspecified atom stereocenters. The lowest BCUT2D eigenvalue weighted by Gasteiger charge is -2.50. The summed E-state index contributed by atoms with van der Waals surface area (Å²) in [6.45, 7) is 8.60. The highest BCUT2D eigenvalue weighted by molar-refractivity contribution is 7.84. The molecule has 1 saturated carbocycles. The highest BCUT2D eigenvalue weighted by atomic mass is 35.5. The Kier molecular flexibility index (Phi) is 8.70. The van der Waals surface area contributed by atoms with E-state index in [1.807, 2.05) is 37.5 Å². The molecule has 2 aliphatic carbocycles. The number of fused-ring (bicyclic) bond motifs is 4. The molecular weight excluding hydrogens is 616 g/mol. The molecular formula is C37H43ClN4O3S. The van der Waals surface area contributed by atoms with Gasteiger partial charge in [0.2, 0.25) is 0 Å². The zero-order chi connectivity index (χ0) is 32.0. The maximum atomic E-state index is 13.5. The standard InChI is InChI=1S/C37H43ClN4O3S/c1-23-6-4-8-30(28-17-39-22-40-18-28)31-14-24(2)32(31)19-42-20-37(13-5-7-26-15-29(38)10-11-33(26)37)21-45-35-12-9-27(16-34(35)42)36(43)41-46(44)25(23)3/h4,8-12,15-18,22-25,30-32H,5-7,13-14,19-21H2,1-3H3,(H,41,43)/b8-4+/t23?,24?,25?,30?,31?,32?,37-,46?/m0/s1. The first kappa shape index (κ1) is 31.4. The number of nitrogens with zero attached hydrogens (tertiary/aromatic N) is 3. The first-order chi connectivity index (χ1) is 22.2. The van der Waals surface area contributed by atoms with Gasteiger partial charge in [0, 0.05) is 47.4 Å². The highest BCUT2D eigenvalue weighted by Gasteiger charge is 2.47. The fourth-order valence-electron chi connectivity index (χ4n) is 8.31. The van der Waals surface area contributed by atoms with Gasteiger partial charge in [0.15, 0.2) is 0 Å². The van der Waals surface area contributed by atoms with Gasteiger partial charge in [-0.15, -0.1) is 0 Å². The summed E-state index contributed by atoms with van der Waals surface area (Å²) in [6, 6.07) is 12.0. The molecule has 2 bridgehead atoms. The van der Waals surface area contributed by atoms with Gasteiger partial charge in [-0.05, 0) is 110 Å². The van der Waals surface area contributed by atoms with E-state index in [9.17, 15) is 9.00 Å². The van der Waals surface area contributed by atoms with Crippen LogP contribution in [0.4, 0.5) is 5.69 Å². The van der Waals surface area contributed by atoms with E-state index in [4.69, 9.17) is 16.3 Å². The van der Waals surface area contributed by atoms with E-state index in [0.29, 0.717) is 29.9 Å². The number of amides is 1. The maximum Gasteiger partial charge on any atom is 0.263 e.